The third kappa shape index (κ3) is 3.27. The molecule has 1 N–H and O–H groups in total. The van der Waals surface area contributed by atoms with Gasteiger partial charge in [-0.1, -0.05) is 43.7 Å². The fourth-order valence-corrected chi connectivity index (χ4v) is 3.08. The lowest BCUT2D eigenvalue weighted by atomic mass is 9.99. The van der Waals surface area contributed by atoms with E-state index in [1.807, 2.05) is 11.8 Å². The van der Waals surface area contributed by atoms with Gasteiger partial charge in [-0.15, -0.1) is 0 Å². The number of thioether (sulfide) groups is 1. The largest absolute Gasteiger partial charge is 0.320 e. The van der Waals surface area contributed by atoms with Crippen molar-refractivity contribution in [1.82, 2.24) is 10.2 Å². The molecule has 0 aromatic heterocycles. The van der Waals surface area contributed by atoms with Crippen molar-refractivity contribution < 1.29 is 4.79 Å². The maximum atomic E-state index is 12.8. The molecule has 3 nitrogen and oxygen atoms in total. The van der Waals surface area contributed by atoms with E-state index in [0.717, 1.165) is 13.0 Å². The molecule has 1 saturated heterocycles. The van der Waals surface area contributed by atoms with Crippen molar-refractivity contribution in [2.45, 2.75) is 51.1 Å². The van der Waals surface area contributed by atoms with Crippen LogP contribution in [0.4, 0.5) is 0 Å². The molecule has 0 spiro atoms. The Hall–Kier alpha value is -1.00. The van der Waals surface area contributed by atoms with Gasteiger partial charge in [0, 0.05) is 11.8 Å². The number of carbonyl (C=O) groups excluding carboxylic acids is 1. The molecule has 1 aliphatic rings. The minimum atomic E-state index is -0.452. The molecule has 21 heavy (non-hydrogen) atoms. The third-order valence-corrected chi connectivity index (χ3v) is 5.37. The van der Waals surface area contributed by atoms with E-state index in [1.54, 1.807) is 11.8 Å². The summed E-state index contributed by atoms with van der Waals surface area (Å²) in [4.78, 5) is 14.8. The second kappa shape index (κ2) is 6.41. The number of carbonyl (C=O) groups is 1. The first-order valence-corrected chi connectivity index (χ1v) is 8.88. The highest BCUT2D eigenvalue weighted by Gasteiger charge is 2.47. The molecular formula is C17H26N2OS. The Bertz CT molecular complexity index is 519. The molecule has 1 aromatic carbocycles. The van der Waals surface area contributed by atoms with Gasteiger partial charge in [-0.05, 0) is 32.1 Å². The number of nitrogens with zero attached hydrogens (tertiary/aromatic N) is 1. The molecule has 116 valence electrons. The minimum Gasteiger partial charge on any atom is -0.320 e. The Labute approximate surface area is 132 Å². The van der Waals surface area contributed by atoms with E-state index in [2.05, 4.69) is 56.6 Å². The summed E-state index contributed by atoms with van der Waals surface area (Å²) in [6.07, 6.45) is 2.88. The van der Waals surface area contributed by atoms with Gasteiger partial charge in [0.05, 0.1) is 5.54 Å². The first-order chi connectivity index (χ1) is 9.91. The molecule has 0 bridgehead atoms. The Kier molecular flexibility index (Phi) is 4.99. The number of benzene rings is 1. The summed E-state index contributed by atoms with van der Waals surface area (Å²) in [5, 5.41) is 3.99. The third-order valence-electron chi connectivity index (χ3n) is 4.42. The van der Waals surface area contributed by atoms with Crippen LogP contribution >= 0.6 is 11.8 Å². The van der Waals surface area contributed by atoms with Crippen molar-refractivity contribution in [2.75, 3.05) is 12.8 Å². The summed E-state index contributed by atoms with van der Waals surface area (Å²) >= 11 is 1.80. The Morgan fingerprint density at radius 1 is 1.48 bits per heavy atom. The summed E-state index contributed by atoms with van der Waals surface area (Å²) in [6.45, 7) is 9.13. The molecule has 1 fully saturated rings. The molecule has 1 amide bonds. The zero-order valence-electron chi connectivity index (χ0n) is 13.6. The predicted octanol–water partition coefficient (Wildman–Crippen LogP) is 3.35. The van der Waals surface area contributed by atoms with E-state index in [-0.39, 0.29) is 12.1 Å². The van der Waals surface area contributed by atoms with Gasteiger partial charge in [0.25, 0.3) is 0 Å². The molecule has 2 rings (SSSR count). The highest BCUT2D eigenvalue weighted by molar-refractivity contribution is 7.99. The Morgan fingerprint density at radius 2 is 2.19 bits per heavy atom. The van der Waals surface area contributed by atoms with Crippen molar-refractivity contribution in [2.24, 2.45) is 0 Å². The number of amides is 1. The lowest BCUT2D eigenvalue weighted by molar-refractivity contribution is -0.133. The highest BCUT2D eigenvalue weighted by Crippen LogP contribution is 2.33. The predicted molar refractivity (Wildman–Crippen MR) is 90.4 cm³/mol. The summed E-state index contributed by atoms with van der Waals surface area (Å²) in [6, 6.07) is 8.43. The molecule has 4 heteroatoms. The van der Waals surface area contributed by atoms with Crippen LogP contribution in [0.3, 0.4) is 0 Å². The number of nitrogens with one attached hydrogen (secondary N) is 1. The van der Waals surface area contributed by atoms with Gasteiger partial charge in [0.1, 0.15) is 6.17 Å². The van der Waals surface area contributed by atoms with Crippen molar-refractivity contribution >= 4 is 17.7 Å². The number of hydrogen-bond donors (Lipinski definition) is 1. The van der Waals surface area contributed by atoms with Crippen LogP contribution in [0.5, 0.6) is 0 Å². The Balaban J connectivity index is 2.34. The number of hydrogen-bond acceptors (Lipinski definition) is 3. The van der Waals surface area contributed by atoms with Gasteiger partial charge in [0.2, 0.25) is 5.91 Å². The van der Waals surface area contributed by atoms with Gasteiger partial charge in [0.15, 0.2) is 0 Å². The standard InChI is InChI=1S/C17H26N2OS/c1-6-17(4)16(20)19(11-13(3)21-5)15(18-17)14-9-7-8-12(2)10-14/h7-10,13,15,18H,6,11H2,1-5H3. The molecule has 1 heterocycles. The van der Waals surface area contributed by atoms with Gasteiger partial charge in [-0.25, -0.2) is 0 Å². The van der Waals surface area contributed by atoms with Crippen LogP contribution < -0.4 is 5.32 Å². The van der Waals surface area contributed by atoms with Gasteiger partial charge >= 0.3 is 0 Å². The highest BCUT2D eigenvalue weighted by atomic mass is 32.2. The molecule has 1 aliphatic heterocycles. The van der Waals surface area contributed by atoms with Gasteiger partial charge < -0.3 is 4.90 Å². The second-order valence-electron chi connectivity index (χ2n) is 6.15. The first-order valence-electron chi connectivity index (χ1n) is 7.59. The van der Waals surface area contributed by atoms with E-state index >= 15 is 0 Å². The monoisotopic (exact) mass is 306 g/mol. The molecule has 3 unspecified atom stereocenters. The second-order valence-corrected chi connectivity index (χ2v) is 7.43. The van der Waals surface area contributed by atoms with Crippen LogP contribution in [0.2, 0.25) is 0 Å². The summed E-state index contributed by atoms with van der Waals surface area (Å²) < 4.78 is 0. The zero-order valence-corrected chi connectivity index (χ0v) is 14.5. The van der Waals surface area contributed by atoms with Crippen molar-refractivity contribution in [3.05, 3.63) is 35.4 Å². The van der Waals surface area contributed by atoms with Crippen LogP contribution in [0.25, 0.3) is 0 Å². The number of aryl methyl sites for hydroxylation is 1. The lowest BCUT2D eigenvalue weighted by Crippen LogP contribution is -2.43. The van der Waals surface area contributed by atoms with Crippen molar-refractivity contribution in [1.29, 1.82) is 0 Å². The quantitative estimate of drug-likeness (QED) is 0.905. The maximum absolute atomic E-state index is 12.8. The zero-order chi connectivity index (χ0) is 15.6. The molecule has 0 radical (unpaired) electrons. The number of rotatable bonds is 5. The Morgan fingerprint density at radius 3 is 2.76 bits per heavy atom. The average Bonchev–Trinajstić information content (AvgIpc) is 2.73. The average molecular weight is 306 g/mol. The molecule has 1 aromatic rings. The normalized spacial score (nSPS) is 27.2. The summed E-state index contributed by atoms with van der Waals surface area (Å²) in [5.74, 6) is 0.220. The smallest absolute Gasteiger partial charge is 0.244 e. The van der Waals surface area contributed by atoms with Crippen LogP contribution in [0.15, 0.2) is 24.3 Å². The van der Waals surface area contributed by atoms with Gasteiger partial charge in [-0.2, -0.15) is 11.8 Å². The summed E-state index contributed by atoms with van der Waals surface area (Å²) in [5.41, 5.74) is 1.95. The lowest BCUT2D eigenvalue weighted by Gasteiger charge is -2.27. The first kappa shape index (κ1) is 16.4. The SMILES string of the molecule is CCC1(C)NC(c2cccc(C)c2)N(CC(C)SC)C1=O. The fraction of sp³-hybridized carbons (Fsp3) is 0.588. The van der Waals surface area contributed by atoms with Crippen LogP contribution in [-0.4, -0.2) is 34.4 Å². The van der Waals surface area contributed by atoms with E-state index < -0.39 is 5.54 Å². The molecule has 0 aliphatic carbocycles. The van der Waals surface area contributed by atoms with E-state index in [0.29, 0.717) is 5.25 Å². The van der Waals surface area contributed by atoms with Crippen LogP contribution in [-0.2, 0) is 4.79 Å². The van der Waals surface area contributed by atoms with Crippen molar-refractivity contribution in [3.8, 4) is 0 Å². The van der Waals surface area contributed by atoms with Gasteiger partial charge in [-0.3, -0.25) is 10.1 Å². The fourth-order valence-electron chi connectivity index (χ4n) is 2.77. The van der Waals surface area contributed by atoms with E-state index in [1.165, 1.54) is 11.1 Å². The topological polar surface area (TPSA) is 32.3 Å². The molecular weight excluding hydrogens is 280 g/mol. The maximum Gasteiger partial charge on any atom is 0.244 e. The minimum absolute atomic E-state index is 0.0167. The molecule has 0 saturated carbocycles. The van der Waals surface area contributed by atoms with E-state index in [4.69, 9.17) is 0 Å². The molecule has 3 atom stereocenters. The van der Waals surface area contributed by atoms with Crippen molar-refractivity contribution in [3.63, 3.8) is 0 Å². The van der Waals surface area contributed by atoms with Crippen LogP contribution in [0, 0.1) is 6.92 Å². The van der Waals surface area contributed by atoms with Crippen LogP contribution in [0.1, 0.15) is 44.5 Å². The van der Waals surface area contributed by atoms with E-state index in [9.17, 15) is 4.79 Å². The summed E-state index contributed by atoms with van der Waals surface area (Å²) in [7, 11) is 0.